The zero-order valence-electron chi connectivity index (χ0n) is 11.1. The summed E-state index contributed by atoms with van der Waals surface area (Å²) in [6.45, 7) is 2.00. The van der Waals surface area contributed by atoms with Crippen molar-refractivity contribution in [2.45, 2.75) is 26.2 Å². The van der Waals surface area contributed by atoms with Crippen LogP contribution >= 0.6 is 34.8 Å². The zero-order valence-corrected chi connectivity index (χ0v) is 13.4. The van der Waals surface area contributed by atoms with Crippen LogP contribution in [0.5, 0.6) is 0 Å². The fraction of sp³-hybridized carbons (Fsp3) is 0.308. The lowest BCUT2D eigenvalue weighted by molar-refractivity contribution is -0.115. The van der Waals surface area contributed by atoms with Crippen molar-refractivity contribution >= 4 is 46.4 Å². The predicted molar refractivity (Wildman–Crippen MR) is 82.1 cm³/mol. The zero-order chi connectivity index (χ0) is 15.4. The number of halogens is 3. The van der Waals surface area contributed by atoms with Gasteiger partial charge in [-0.25, -0.2) is 0 Å². The number of aryl methyl sites for hydroxylation is 1. The second kappa shape index (κ2) is 7.11. The molecule has 0 bridgehead atoms. The predicted octanol–water partition coefficient (Wildman–Crippen LogP) is 4.16. The van der Waals surface area contributed by atoms with Gasteiger partial charge in [-0.2, -0.15) is 4.98 Å². The topological polar surface area (TPSA) is 68.0 Å². The molecule has 2 aromatic rings. The number of hydrogen-bond acceptors (Lipinski definition) is 4. The van der Waals surface area contributed by atoms with E-state index in [2.05, 4.69) is 15.5 Å². The van der Waals surface area contributed by atoms with Crippen LogP contribution in [0, 0.1) is 0 Å². The van der Waals surface area contributed by atoms with Crippen molar-refractivity contribution in [1.82, 2.24) is 10.1 Å². The van der Waals surface area contributed by atoms with Gasteiger partial charge in [0.25, 0.3) is 0 Å². The summed E-state index contributed by atoms with van der Waals surface area (Å²) in [6, 6.07) is 3.00. The van der Waals surface area contributed by atoms with Crippen LogP contribution in [0.2, 0.25) is 15.1 Å². The Balaban J connectivity index is 2.04. The number of nitrogens with zero attached hydrogens (tertiary/aromatic N) is 2. The second-order valence-electron chi connectivity index (χ2n) is 4.32. The fourth-order valence-corrected chi connectivity index (χ4v) is 2.58. The maximum atomic E-state index is 12.0. The van der Waals surface area contributed by atoms with E-state index in [-0.39, 0.29) is 22.4 Å². The lowest BCUT2D eigenvalue weighted by Crippen LogP contribution is -2.16. The quantitative estimate of drug-likeness (QED) is 0.880. The van der Waals surface area contributed by atoms with Gasteiger partial charge in [-0.1, -0.05) is 46.9 Å². The minimum absolute atomic E-state index is 0.0253. The van der Waals surface area contributed by atoms with Crippen molar-refractivity contribution in [2.75, 3.05) is 5.32 Å². The Bertz CT molecular complexity index is 635. The summed E-state index contributed by atoms with van der Waals surface area (Å²) in [4.78, 5) is 16.1. The number of amides is 1. The van der Waals surface area contributed by atoms with Gasteiger partial charge in [0, 0.05) is 11.4 Å². The fourth-order valence-electron chi connectivity index (χ4n) is 1.67. The van der Waals surface area contributed by atoms with E-state index in [1.54, 1.807) is 0 Å². The first-order chi connectivity index (χ1) is 9.99. The lowest BCUT2D eigenvalue weighted by atomic mass is 10.3. The number of rotatable bonds is 5. The molecule has 21 heavy (non-hydrogen) atoms. The molecule has 8 heteroatoms. The maximum absolute atomic E-state index is 12.0. The SMILES string of the molecule is CCCc1nc(CC(=O)Nc2c(Cl)cc(Cl)cc2Cl)no1. The van der Waals surface area contributed by atoms with Gasteiger partial charge in [-0.15, -0.1) is 0 Å². The largest absolute Gasteiger partial charge is 0.339 e. The highest BCUT2D eigenvalue weighted by molar-refractivity contribution is 6.42. The molecular weight excluding hydrogens is 337 g/mol. The van der Waals surface area contributed by atoms with E-state index in [4.69, 9.17) is 39.3 Å². The Morgan fingerprint density at radius 3 is 2.57 bits per heavy atom. The van der Waals surface area contributed by atoms with Crippen molar-refractivity contribution in [2.24, 2.45) is 0 Å². The molecule has 1 heterocycles. The van der Waals surface area contributed by atoms with E-state index < -0.39 is 0 Å². The molecule has 0 unspecified atom stereocenters. The summed E-state index contributed by atoms with van der Waals surface area (Å²) in [5.41, 5.74) is 0.310. The smallest absolute Gasteiger partial charge is 0.232 e. The first kappa shape index (κ1) is 16.1. The molecule has 0 aliphatic carbocycles. The summed E-state index contributed by atoms with van der Waals surface area (Å²) in [5, 5.41) is 7.28. The molecule has 1 aromatic carbocycles. The molecule has 0 spiro atoms. The van der Waals surface area contributed by atoms with Crippen molar-refractivity contribution in [3.05, 3.63) is 38.9 Å². The average molecular weight is 349 g/mol. The summed E-state index contributed by atoms with van der Waals surface area (Å²) >= 11 is 17.8. The minimum Gasteiger partial charge on any atom is -0.339 e. The molecule has 0 saturated carbocycles. The van der Waals surface area contributed by atoms with E-state index in [0.29, 0.717) is 28.8 Å². The third-order valence-electron chi connectivity index (χ3n) is 2.56. The summed E-state index contributed by atoms with van der Waals surface area (Å²) < 4.78 is 5.01. The van der Waals surface area contributed by atoms with E-state index in [0.717, 1.165) is 6.42 Å². The molecule has 0 saturated heterocycles. The first-order valence-electron chi connectivity index (χ1n) is 6.25. The number of aromatic nitrogens is 2. The highest BCUT2D eigenvalue weighted by Gasteiger charge is 2.14. The molecule has 1 N–H and O–H groups in total. The molecule has 112 valence electrons. The minimum atomic E-state index is -0.343. The molecule has 0 fully saturated rings. The number of carbonyl (C=O) groups excluding carboxylic acids is 1. The third-order valence-corrected chi connectivity index (χ3v) is 3.38. The second-order valence-corrected chi connectivity index (χ2v) is 5.57. The third kappa shape index (κ3) is 4.33. The molecular formula is C13H12Cl3N3O2. The van der Waals surface area contributed by atoms with Gasteiger partial charge < -0.3 is 9.84 Å². The van der Waals surface area contributed by atoms with Crippen LogP contribution in [0.1, 0.15) is 25.1 Å². The number of carbonyl (C=O) groups is 1. The number of benzene rings is 1. The van der Waals surface area contributed by atoms with Gasteiger partial charge in [0.1, 0.15) is 0 Å². The van der Waals surface area contributed by atoms with E-state index in [1.165, 1.54) is 12.1 Å². The lowest BCUT2D eigenvalue weighted by Gasteiger charge is -2.08. The van der Waals surface area contributed by atoms with Gasteiger partial charge in [0.15, 0.2) is 5.82 Å². The highest BCUT2D eigenvalue weighted by Crippen LogP contribution is 2.33. The Hall–Kier alpha value is -1.30. The Kier molecular flexibility index (Phi) is 5.45. The van der Waals surface area contributed by atoms with Gasteiger partial charge in [-0.3, -0.25) is 4.79 Å². The Morgan fingerprint density at radius 1 is 1.29 bits per heavy atom. The number of hydrogen-bond donors (Lipinski definition) is 1. The van der Waals surface area contributed by atoms with Crippen molar-refractivity contribution < 1.29 is 9.32 Å². The van der Waals surface area contributed by atoms with Gasteiger partial charge in [-0.05, 0) is 18.6 Å². The summed E-state index contributed by atoms with van der Waals surface area (Å²) in [6.07, 6.45) is 1.55. The van der Waals surface area contributed by atoms with Crippen LogP contribution in [0.4, 0.5) is 5.69 Å². The van der Waals surface area contributed by atoms with E-state index >= 15 is 0 Å². The van der Waals surface area contributed by atoms with E-state index in [1.807, 2.05) is 6.92 Å². The maximum Gasteiger partial charge on any atom is 0.232 e. The van der Waals surface area contributed by atoms with Gasteiger partial charge in [0.2, 0.25) is 11.8 Å². The molecule has 1 amide bonds. The van der Waals surface area contributed by atoms with Crippen LogP contribution in [0.3, 0.4) is 0 Å². The Morgan fingerprint density at radius 2 is 1.95 bits per heavy atom. The molecule has 2 rings (SSSR count). The van der Waals surface area contributed by atoms with Crippen LogP contribution in [-0.2, 0) is 17.6 Å². The van der Waals surface area contributed by atoms with Crippen LogP contribution in [-0.4, -0.2) is 16.0 Å². The molecule has 0 aliphatic rings. The summed E-state index contributed by atoms with van der Waals surface area (Å²) in [5.74, 6) is 0.491. The van der Waals surface area contributed by atoms with Crippen LogP contribution in [0.25, 0.3) is 0 Å². The normalized spacial score (nSPS) is 10.7. The molecule has 1 aromatic heterocycles. The van der Waals surface area contributed by atoms with Crippen molar-refractivity contribution in [1.29, 1.82) is 0 Å². The van der Waals surface area contributed by atoms with Crippen molar-refractivity contribution in [3.63, 3.8) is 0 Å². The summed E-state index contributed by atoms with van der Waals surface area (Å²) in [7, 11) is 0. The number of anilines is 1. The standard InChI is InChI=1S/C13H12Cl3N3O2/c1-2-3-12-17-10(19-21-12)6-11(20)18-13-8(15)4-7(14)5-9(13)16/h4-5H,2-3,6H2,1H3,(H,18,20). The van der Waals surface area contributed by atoms with Crippen LogP contribution in [0.15, 0.2) is 16.7 Å². The molecule has 0 atom stereocenters. The van der Waals surface area contributed by atoms with Gasteiger partial charge in [0.05, 0.1) is 22.2 Å². The average Bonchev–Trinajstić information content (AvgIpc) is 2.81. The molecule has 5 nitrogen and oxygen atoms in total. The van der Waals surface area contributed by atoms with Crippen molar-refractivity contribution in [3.8, 4) is 0 Å². The molecule has 0 aliphatic heterocycles. The van der Waals surface area contributed by atoms with Gasteiger partial charge >= 0.3 is 0 Å². The monoisotopic (exact) mass is 347 g/mol. The first-order valence-corrected chi connectivity index (χ1v) is 7.38. The van der Waals surface area contributed by atoms with E-state index in [9.17, 15) is 4.79 Å². The highest BCUT2D eigenvalue weighted by atomic mass is 35.5. The Labute approximate surface area is 136 Å². The molecule has 0 radical (unpaired) electrons. The van der Waals surface area contributed by atoms with Crippen LogP contribution < -0.4 is 5.32 Å². The number of nitrogens with one attached hydrogen (secondary N) is 1.